The van der Waals surface area contributed by atoms with Gasteiger partial charge < -0.3 is 4.74 Å². The Kier molecular flexibility index (Phi) is 4.12. The molecule has 1 aliphatic rings. The monoisotopic (exact) mass is 400 g/mol. The van der Waals surface area contributed by atoms with Crippen molar-refractivity contribution in [1.82, 2.24) is 14.9 Å². The first-order chi connectivity index (χ1) is 11.8. The van der Waals surface area contributed by atoms with Gasteiger partial charge in [0.05, 0.1) is 12.8 Å². The van der Waals surface area contributed by atoms with Crippen LogP contribution >= 0.6 is 27.7 Å². The Labute approximate surface area is 151 Å². The van der Waals surface area contributed by atoms with E-state index in [4.69, 9.17) is 9.84 Å². The first-order valence-electron chi connectivity index (χ1n) is 7.31. The minimum atomic E-state index is 0.732. The molecule has 0 saturated carbocycles. The molecule has 0 aliphatic carbocycles. The highest BCUT2D eigenvalue weighted by Crippen LogP contribution is 2.32. The molecule has 24 heavy (non-hydrogen) atoms. The molecule has 2 heterocycles. The van der Waals surface area contributed by atoms with Gasteiger partial charge in [0.1, 0.15) is 5.75 Å². The second-order valence-corrected chi connectivity index (χ2v) is 6.96. The minimum absolute atomic E-state index is 0.732. The van der Waals surface area contributed by atoms with Crippen molar-refractivity contribution in [2.24, 2.45) is 5.10 Å². The van der Waals surface area contributed by atoms with Crippen LogP contribution in [0, 0.1) is 0 Å². The van der Waals surface area contributed by atoms with E-state index in [2.05, 4.69) is 26.1 Å². The van der Waals surface area contributed by atoms with E-state index in [0.717, 1.165) is 43.8 Å². The van der Waals surface area contributed by atoms with Crippen LogP contribution in [0.2, 0.25) is 0 Å². The van der Waals surface area contributed by atoms with Crippen molar-refractivity contribution in [1.29, 1.82) is 0 Å². The minimum Gasteiger partial charge on any atom is -0.497 e. The number of methoxy groups -OCH3 is 1. The van der Waals surface area contributed by atoms with Gasteiger partial charge in [-0.05, 0) is 42.0 Å². The maximum absolute atomic E-state index is 5.21. The molecular formula is C17H13BrN4OS. The van der Waals surface area contributed by atoms with E-state index in [0.29, 0.717) is 0 Å². The maximum Gasteiger partial charge on any atom is 0.212 e. The zero-order valence-electron chi connectivity index (χ0n) is 12.8. The van der Waals surface area contributed by atoms with Crippen LogP contribution in [-0.2, 0) is 0 Å². The first-order valence-corrected chi connectivity index (χ1v) is 9.09. The van der Waals surface area contributed by atoms with Gasteiger partial charge in [-0.15, -0.1) is 10.2 Å². The largest absolute Gasteiger partial charge is 0.497 e. The standard InChI is InChI=1S/C17H13BrN4OS/c1-23-12-8-6-11(7-9-12)15-10-24-17-20-19-16(22(17)21-15)13-4-2-3-5-14(13)18/h2-9H,10H2,1H3. The molecule has 0 fully saturated rings. The zero-order chi connectivity index (χ0) is 16.5. The van der Waals surface area contributed by atoms with Gasteiger partial charge in [0.2, 0.25) is 5.16 Å². The maximum atomic E-state index is 5.21. The van der Waals surface area contributed by atoms with E-state index in [1.165, 1.54) is 0 Å². The number of benzene rings is 2. The molecule has 4 rings (SSSR count). The van der Waals surface area contributed by atoms with Crippen LogP contribution in [0.25, 0.3) is 11.4 Å². The quantitative estimate of drug-likeness (QED) is 0.664. The highest BCUT2D eigenvalue weighted by atomic mass is 79.9. The van der Waals surface area contributed by atoms with E-state index in [9.17, 15) is 0 Å². The Hall–Kier alpha value is -2.12. The summed E-state index contributed by atoms with van der Waals surface area (Å²) in [4.78, 5) is 0. The summed E-state index contributed by atoms with van der Waals surface area (Å²) in [6.07, 6.45) is 0. The van der Waals surface area contributed by atoms with Gasteiger partial charge in [0.25, 0.3) is 0 Å². The number of rotatable bonds is 3. The van der Waals surface area contributed by atoms with Crippen molar-refractivity contribution < 1.29 is 4.74 Å². The molecule has 0 amide bonds. The molecule has 1 aromatic heterocycles. The number of aromatic nitrogens is 3. The number of hydrogen-bond acceptors (Lipinski definition) is 5. The van der Waals surface area contributed by atoms with Crippen LogP contribution in [0.1, 0.15) is 5.56 Å². The molecular weight excluding hydrogens is 388 g/mol. The Balaban J connectivity index is 1.77. The third kappa shape index (κ3) is 2.74. The molecule has 3 aromatic rings. The fraction of sp³-hybridized carbons (Fsp3) is 0.118. The second kappa shape index (κ2) is 6.41. The number of halogens is 1. The number of fused-ring (bicyclic) bond motifs is 1. The van der Waals surface area contributed by atoms with Gasteiger partial charge >= 0.3 is 0 Å². The summed E-state index contributed by atoms with van der Waals surface area (Å²) in [5.74, 6) is 2.33. The predicted molar refractivity (Wildman–Crippen MR) is 98.8 cm³/mol. The Morgan fingerprint density at radius 1 is 1.08 bits per heavy atom. The lowest BCUT2D eigenvalue weighted by molar-refractivity contribution is 0.415. The van der Waals surface area contributed by atoms with Crippen LogP contribution < -0.4 is 4.74 Å². The lowest BCUT2D eigenvalue weighted by Gasteiger charge is -2.14. The lowest BCUT2D eigenvalue weighted by Crippen LogP contribution is -2.13. The van der Waals surface area contributed by atoms with Crippen LogP contribution in [0.5, 0.6) is 5.75 Å². The van der Waals surface area contributed by atoms with E-state index in [-0.39, 0.29) is 0 Å². The number of nitrogens with zero attached hydrogens (tertiary/aromatic N) is 4. The van der Waals surface area contributed by atoms with E-state index >= 15 is 0 Å². The number of hydrogen-bond donors (Lipinski definition) is 0. The van der Waals surface area contributed by atoms with Crippen molar-refractivity contribution in [3.05, 3.63) is 58.6 Å². The molecule has 0 spiro atoms. The summed E-state index contributed by atoms with van der Waals surface area (Å²) in [6.45, 7) is 0. The molecule has 0 atom stereocenters. The molecule has 0 unspecified atom stereocenters. The number of thioether (sulfide) groups is 1. The van der Waals surface area contributed by atoms with Crippen LogP contribution in [-0.4, -0.2) is 33.4 Å². The summed E-state index contributed by atoms with van der Waals surface area (Å²) in [6, 6.07) is 15.9. The average molecular weight is 401 g/mol. The number of ether oxygens (including phenoxy) is 1. The van der Waals surface area contributed by atoms with Crippen molar-refractivity contribution in [3.63, 3.8) is 0 Å². The molecule has 0 radical (unpaired) electrons. The molecule has 120 valence electrons. The summed E-state index contributed by atoms with van der Waals surface area (Å²) in [5, 5.41) is 14.2. The van der Waals surface area contributed by atoms with Gasteiger partial charge in [0, 0.05) is 15.8 Å². The van der Waals surface area contributed by atoms with Gasteiger partial charge in [-0.3, -0.25) is 0 Å². The van der Waals surface area contributed by atoms with E-state index in [1.807, 2.05) is 53.2 Å². The van der Waals surface area contributed by atoms with E-state index in [1.54, 1.807) is 18.9 Å². The highest BCUT2D eigenvalue weighted by Gasteiger charge is 2.21. The molecule has 1 aliphatic heterocycles. The molecule has 5 nitrogen and oxygen atoms in total. The topological polar surface area (TPSA) is 52.3 Å². The van der Waals surface area contributed by atoms with Crippen LogP contribution in [0.3, 0.4) is 0 Å². The van der Waals surface area contributed by atoms with Crippen molar-refractivity contribution in [2.75, 3.05) is 12.9 Å². The van der Waals surface area contributed by atoms with Gasteiger partial charge in [-0.1, -0.05) is 39.8 Å². The second-order valence-electron chi connectivity index (χ2n) is 5.16. The van der Waals surface area contributed by atoms with Crippen molar-refractivity contribution in [2.45, 2.75) is 5.16 Å². The van der Waals surface area contributed by atoms with Crippen molar-refractivity contribution in [3.8, 4) is 17.1 Å². The highest BCUT2D eigenvalue weighted by molar-refractivity contribution is 9.10. The fourth-order valence-electron chi connectivity index (χ4n) is 2.46. The Morgan fingerprint density at radius 3 is 2.62 bits per heavy atom. The predicted octanol–water partition coefficient (Wildman–Crippen LogP) is 4.07. The molecule has 0 saturated heterocycles. The van der Waals surface area contributed by atoms with Gasteiger partial charge in [-0.2, -0.15) is 9.78 Å². The molecule has 2 aromatic carbocycles. The molecule has 7 heteroatoms. The van der Waals surface area contributed by atoms with Gasteiger partial charge in [0.15, 0.2) is 5.82 Å². The van der Waals surface area contributed by atoms with E-state index < -0.39 is 0 Å². The first kappa shape index (κ1) is 15.4. The summed E-state index contributed by atoms with van der Waals surface area (Å²) in [7, 11) is 1.66. The van der Waals surface area contributed by atoms with Crippen LogP contribution in [0.15, 0.2) is 63.3 Å². The van der Waals surface area contributed by atoms with Gasteiger partial charge in [-0.25, -0.2) is 0 Å². The fourth-order valence-corrected chi connectivity index (χ4v) is 3.76. The average Bonchev–Trinajstić information content (AvgIpc) is 3.05. The smallest absolute Gasteiger partial charge is 0.212 e. The lowest BCUT2D eigenvalue weighted by atomic mass is 10.1. The summed E-state index contributed by atoms with van der Waals surface area (Å²) in [5.41, 5.74) is 3.03. The third-order valence-corrected chi connectivity index (χ3v) is 5.33. The molecule has 0 N–H and O–H groups in total. The zero-order valence-corrected chi connectivity index (χ0v) is 15.2. The van der Waals surface area contributed by atoms with Crippen molar-refractivity contribution >= 4 is 33.4 Å². The third-order valence-electron chi connectivity index (χ3n) is 3.71. The Bertz CT molecular complexity index is 921. The summed E-state index contributed by atoms with van der Waals surface area (Å²) >= 11 is 5.21. The normalized spacial score (nSPS) is 13.3. The Morgan fingerprint density at radius 2 is 1.88 bits per heavy atom. The van der Waals surface area contributed by atoms with Crippen LogP contribution in [0.4, 0.5) is 0 Å². The molecule has 0 bridgehead atoms. The summed E-state index contributed by atoms with van der Waals surface area (Å²) < 4.78 is 8.00. The SMILES string of the molecule is COc1ccc(C2=Nn3c(nnc3-c3ccccc3Br)SC2)cc1.